The summed E-state index contributed by atoms with van der Waals surface area (Å²) >= 11 is 0. The average Bonchev–Trinajstić information content (AvgIpc) is 2.47. The van der Waals surface area contributed by atoms with Crippen molar-refractivity contribution in [1.29, 1.82) is 0 Å². The van der Waals surface area contributed by atoms with Gasteiger partial charge in [-0.05, 0) is 5.56 Å². The van der Waals surface area contributed by atoms with E-state index >= 15 is 0 Å². The molecule has 1 fully saturated rings. The molecule has 0 saturated carbocycles. The molecule has 0 amide bonds. The van der Waals surface area contributed by atoms with Gasteiger partial charge in [-0.1, -0.05) is 44.2 Å². The molecule has 1 saturated heterocycles. The van der Waals surface area contributed by atoms with Gasteiger partial charge < -0.3 is 9.47 Å². The fourth-order valence-corrected chi connectivity index (χ4v) is 2.21. The summed E-state index contributed by atoms with van der Waals surface area (Å²) in [6, 6.07) is 9.89. The highest BCUT2D eigenvalue weighted by atomic mass is 16.7. The van der Waals surface area contributed by atoms with E-state index in [1.165, 1.54) is 0 Å². The van der Waals surface area contributed by atoms with E-state index in [0.717, 1.165) is 5.56 Å². The Morgan fingerprint density at radius 3 is 2.42 bits per heavy atom. The van der Waals surface area contributed by atoms with E-state index in [9.17, 15) is 10.1 Å². The highest BCUT2D eigenvalue weighted by Gasteiger charge is 2.47. The van der Waals surface area contributed by atoms with Crippen LogP contribution in [-0.4, -0.2) is 30.0 Å². The second-order valence-corrected chi connectivity index (χ2v) is 5.02. The second-order valence-electron chi connectivity index (χ2n) is 5.02. The number of ether oxygens (including phenoxy) is 2. The van der Waals surface area contributed by atoms with Crippen molar-refractivity contribution in [2.45, 2.75) is 38.0 Å². The van der Waals surface area contributed by atoms with Gasteiger partial charge in [0.1, 0.15) is 13.2 Å². The van der Waals surface area contributed by atoms with Gasteiger partial charge in [0.2, 0.25) is 0 Å². The molecule has 1 aromatic carbocycles. The van der Waals surface area contributed by atoms with E-state index < -0.39 is 11.8 Å². The van der Waals surface area contributed by atoms with Gasteiger partial charge in [-0.25, -0.2) is 0 Å². The number of nitrogens with zero attached hydrogens (tertiary/aromatic N) is 1. The fourth-order valence-electron chi connectivity index (χ4n) is 2.21. The Hall–Kier alpha value is -1.46. The number of rotatable bonds is 4. The van der Waals surface area contributed by atoms with Gasteiger partial charge in [-0.15, -0.1) is 0 Å². The Kier molecular flexibility index (Phi) is 4.17. The SMILES string of the molecule is CCC1([N+](=O)[O-])COC(C(C)c2ccccc2)OC1. The number of hydrogen-bond acceptors (Lipinski definition) is 4. The molecule has 0 radical (unpaired) electrons. The molecule has 1 aliphatic heterocycles. The Morgan fingerprint density at radius 1 is 1.37 bits per heavy atom. The van der Waals surface area contributed by atoms with Crippen LogP contribution in [-0.2, 0) is 9.47 Å². The Labute approximate surface area is 112 Å². The summed E-state index contributed by atoms with van der Waals surface area (Å²) < 4.78 is 11.2. The third-order valence-corrected chi connectivity index (χ3v) is 3.81. The van der Waals surface area contributed by atoms with Gasteiger partial charge in [0.25, 0.3) is 5.54 Å². The zero-order valence-electron chi connectivity index (χ0n) is 11.2. The number of benzene rings is 1. The highest BCUT2D eigenvalue weighted by molar-refractivity contribution is 5.19. The lowest BCUT2D eigenvalue weighted by Gasteiger charge is -2.35. The van der Waals surface area contributed by atoms with Gasteiger partial charge in [-0.2, -0.15) is 0 Å². The van der Waals surface area contributed by atoms with Crippen LogP contribution in [0.2, 0.25) is 0 Å². The van der Waals surface area contributed by atoms with Crippen molar-refractivity contribution in [3.8, 4) is 0 Å². The summed E-state index contributed by atoms with van der Waals surface area (Å²) in [6.45, 7) is 4.01. The van der Waals surface area contributed by atoms with Crippen molar-refractivity contribution >= 4 is 0 Å². The quantitative estimate of drug-likeness (QED) is 0.620. The van der Waals surface area contributed by atoms with Gasteiger partial charge >= 0.3 is 0 Å². The summed E-state index contributed by atoms with van der Waals surface area (Å²) in [6.07, 6.45) is -0.00563. The van der Waals surface area contributed by atoms with E-state index in [0.29, 0.717) is 6.42 Å². The average molecular weight is 265 g/mol. The first-order valence-corrected chi connectivity index (χ1v) is 6.52. The minimum atomic E-state index is -1.09. The Morgan fingerprint density at radius 2 is 1.95 bits per heavy atom. The Balaban J connectivity index is 2.02. The van der Waals surface area contributed by atoms with Crippen molar-refractivity contribution < 1.29 is 14.4 Å². The van der Waals surface area contributed by atoms with Crippen molar-refractivity contribution in [1.82, 2.24) is 0 Å². The lowest BCUT2D eigenvalue weighted by Crippen LogP contribution is -2.53. The molecule has 1 heterocycles. The standard InChI is InChI=1S/C14H19NO4/c1-3-14(15(16)17)9-18-13(19-10-14)11(2)12-7-5-4-6-8-12/h4-8,11,13H,3,9-10H2,1-2H3. The molecule has 0 spiro atoms. The van der Waals surface area contributed by atoms with Crippen molar-refractivity contribution in [2.24, 2.45) is 0 Å². The molecule has 1 aromatic rings. The molecular weight excluding hydrogens is 246 g/mol. The minimum absolute atomic E-state index is 0.0582. The lowest BCUT2D eigenvalue weighted by molar-refractivity contribution is -0.592. The Bertz CT molecular complexity index is 426. The zero-order chi connectivity index (χ0) is 13.9. The molecule has 2 rings (SSSR count). The topological polar surface area (TPSA) is 61.6 Å². The van der Waals surface area contributed by atoms with Crippen LogP contribution >= 0.6 is 0 Å². The molecule has 19 heavy (non-hydrogen) atoms. The predicted molar refractivity (Wildman–Crippen MR) is 70.6 cm³/mol. The number of hydrogen-bond donors (Lipinski definition) is 0. The smallest absolute Gasteiger partial charge is 0.267 e. The van der Waals surface area contributed by atoms with Gasteiger partial charge in [0.15, 0.2) is 6.29 Å². The number of nitro groups is 1. The molecule has 1 atom stereocenters. The molecule has 0 bridgehead atoms. The van der Waals surface area contributed by atoms with Gasteiger partial charge in [-0.3, -0.25) is 10.1 Å². The van der Waals surface area contributed by atoms with Gasteiger partial charge in [0.05, 0.1) is 0 Å². The van der Waals surface area contributed by atoms with Crippen molar-refractivity contribution in [3.05, 3.63) is 46.0 Å². The van der Waals surface area contributed by atoms with E-state index in [1.54, 1.807) is 6.92 Å². The third-order valence-electron chi connectivity index (χ3n) is 3.81. The third kappa shape index (κ3) is 2.77. The molecule has 5 nitrogen and oxygen atoms in total. The largest absolute Gasteiger partial charge is 0.344 e. The van der Waals surface area contributed by atoms with Gasteiger partial charge in [0, 0.05) is 17.3 Å². The molecule has 0 aromatic heterocycles. The van der Waals surface area contributed by atoms with Crippen LogP contribution in [0.25, 0.3) is 0 Å². The summed E-state index contributed by atoms with van der Waals surface area (Å²) in [5, 5.41) is 11.1. The maximum atomic E-state index is 11.1. The predicted octanol–water partition coefficient (Wildman–Crippen LogP) is 2.59. The summed E-state index contributed by atoms with van der Waals surface area (Å²) in [7, 11) is 0. The summed E-state index contributed by atoms with van der Waals surface area (Å²) in [5.74, 6) is 0.0582. The fraction of sp³-hybridized carbons (Fsp3) is 0.571. The van der Waals surface area contributed by atoms with Crippen molar-refractivity contribution in [3.63, 3.8) is 0 Å². The molecule has 1 aliphatic rings. The zero-order valence-corrected chi connectivity index (χ0v) is 11.2. The lowest BCUT2D eigenvalue weighted by atomic mass is 9.96. The van der Waals surface area contributed by atoms with Crippen LogP contribution in [0.3, 0.4) is 0 Å². The maximum Gasteiger partial charge on any atom is 0.267 e. The first-order valence-electron chi connectivity index (χ1n) is 6.52. The van der Waals surface area contributed by atoms with E-state index in [2.05, 4.69) is 0 Å². The van der Waals surface area contributed by atoms with E-state index in [-0.39, 0.29) is 24.1 Å². The molecule has 0 aliphatic carbocycles. The molecule has 1 unspecified atom stereocenters. The van der Waals surface area contributed by atoms with E-state index in [4.69, 9.17) is 9.47 Å². The van der Waals surface area contributed by atoms with Crippen LogP contribution in [0, 0.1) is 10.1 Å². The van der Waals surface area contributed by atoms with E-state index in [1.807, 2.05) is 37.3 Å². The second kappa shape index (κ2) is 5.67. The maximum absolute atomic E-state index is 11.1. The van der Waals surface area contributed by atoms with Crippen LogP contribution in [0.4, 0.5) is 0 Å². The first-order chi connectivity index (χ1) is 9.09. The monoisotopic (exact) mass is 265 g/mol. The van der Waals surface area contributed by atoms with Crippen LogP contribution in [0.5, 0.6) is 0 Å². The molecule has 0 N–H and O–H groups in total. The molecule has 104 valence electrons. The minimum Gasteiger partial charge on any atom is -0.344 e. The normalized spacial score (nSPS) is 28.8. The highest BCUT2D eigenvalue weighted by Crippen LogP contribution is 2.29. The summed E-state index contributed by atoms with van der Waals surface area (Å²) in [5.41, 5.74) is 0.0185. The van der Waals surface area contributed by atoms with Crippen LogP contribution in [0.1, 0.15) is 31.7 Å². The molecule has 5 heteroatoms. The summed E-state index contributed by atoms with van der Waals surface area (Å²) in [4.78, 5) is 10.8. The van der Waals surface area contributed by atoms with Crippen LogP contribution in [0.15, 0.2) is 30.3 Å². The van der Waals surface area contributed by atoms with Crippen molar-refractivity contribution in [2.75, 3.05) is 13.2 Å². The first kappa shape index (κ1) is 14.0. The van der Waals surface area contributed by atoms with Crippen LogP contribution < -0.4 is 0 Å². The molecular formula is C14H19NO4.